The first kappa shape index (κ1) is 18.9. The zero-order chi connectivity index (χ0) is 20.5. The Hall–Kier alpha value is -3.42. The molecule has 0 aliphatic heterocycles. The molecule has 2 aromatic heterocycles. The second-order valence-electron chi connectivity index (χ2n) is 7.10. The van der Waals surface area contributed by atoms with Gasteiger partial charge in [-0.05, 0) is 30.2 Å². The molecule has 0 aliphatic carbocycles. The van der Waals surface area contributed by atoms with Crippen molar-refractivity contribution >= 4 is 11.0 Å². The standard InChI is InChI=1S/C21H22FN5O2/c1-4-12(2)10-18-24-20(14-6-5-7-15-19(14)25-21(28)23-15)27(26-18)16-9-8-13(22)11-17(16)29-3/h5-9,11-12H,4,10H2,1-3H3,(H2,23,25,28). The van der Waals surface area contributed by atoms with E-state index in [0.29, 0.717) is 46.5 Å². The average molecular weight is 395 g/mol. The molecule has 0 saturated heterocycles. The monoisotopic (exact) mass is 395 g/mol. The van der Waals surface area contributed by atoms with Crippen molar-refractivity contribution in [2.24, 2.45) is 5.92 Å². The summed E-state index contributed by atoms with van der Waals surface area (Å²) in [5.41, 5.74) is 2.31. The van der Waals surface area contributed by atoms with Gasteiger partial charge in [0.15, 0.2) is 11.6 Å². The fraction of sp³-hybridized carbons (Fsp3) is 0.286. The van der Waals surface area contributed by atoms with Crippen LogP contribution in [0.2, 0.25) is 0 Å². The molecule has 8 heteroatoms. The number of para-hydroxylation sites is 1. The molecular formula is C21H22FN5O2. The van der Waals surface area contributed by atoms with Gasteiger partial charge in [0, 0.05) is 18.1 Å². The first-order valence-electron chi connectivity index (χ1n) is 9.51. The average Bonchev–Trinajstić information content (AvgIpc) is 3.29. The van der Waals surface area contributed by atoms with Crippen molar-refractivity contribution in [3.05, 3.63) is 58.5 Å². The lowest BCUT2D eigenvalue weighted by Crippen LogP contribution is -2.04. The summed E-state index contributed by atoms with van der Waals surface area (Å²) in [4.78, 5) is 22.2. The van der Waals surface area contributed by atoms with Gasteiger partial charge >= 0.3 is 5.69 Å². The van der Waals surface area contributed by atoms with E-state index in [4.69, 9.17) is 14.8 Å². The maximum Gasteiger partial charge on any atom is 0.323 e. The molecule has 0 radical (unpaired) electrons. The minimum Gasteiger partial charge on any atom is -0.494 e. The first-order chi connectivity index (χ1) is 14.0. The third kappa shape index (κ3) is 3.53. The molecule has 0 amide bonds. The Morgan fingerprint density at radius 1 is 1.24 bits per heavy atom. The maximum atomic E-state index is 13.7. The van der Waals surface area contributed by atoms with Gasteiger partial charge in [-0.15, -0.1) is 0 Å². The Bertz CT molecular complexity index is 1220. The molecule has 150 valence electrons. The van der Waals surface area contributed by atoms with Crippen LogP contribution in [-0.2, 0) is 6.42 Å². The van der Waals surface area contributed by atoms with Gasteiger partial charge in [0.25, 0.3) is 0 Å². The smallest absolute Gasteiger partial charge is 0.323 e. The summed E-state index contributed by atoms with van der Waals surface area (Å²) in [6, 6.07) is 9.81. The van der Waals surface area contributed by atoms with E-state index in [-0.39, 0.29) is 5.69 Å². The molecule has 2 aromatic carbocycles. The van der Waals surface area contributed by atoms with Gasteiger partial charge < -0.3 is 14.7 Å². The minimum atomic E-state index is -0.399. The van der Waals surface area contributed by atoms with E-state index >= 15 is 0 Å². The number of benzene rings is 2. The molecule has 1 unspecified atom stereocenters. The topological polar surface area (TPSA) is 88.6 Å². The molecule has 29 heavy (non-hydrogen) atoms. The third-order valence-corrected chi connectivity index (χ3v) is 5.04. The number of aromatic nitrogens is 5. The van der Waals surface area contributed by atoms with Crippen molar-refractivity contribution in [2.45, 2.75) is 26.7 Å². The highest BCUT2D eigenvalue weighted by Gasteiger charge is 2.20. The van der Waals surface area contributed by atoms with Crippen molar-refractivity contribution in [1.82, 2.24) is 24.7 Å². The molecule has 2 heterocycles. The number of aromatic amines is 2. The first-order valence-corrected chi connectivity index (χ1v) is 9.51. The molecule has 0 fully saturated rings. The number of methoxy groups -OCH3 is 1. The fourth-order valence-corrected chi connectivity index (χ4v) is 3.31. The Labute approximate surface area is 166 Å². The summed E-state index contributed by atoms with van der Waals surface area (Å²) in [6.45, 7) is 4.26. The largest absolute Gasteiger partial charge is 0.494 e. The van der Waals surface area contributed by atoms with Crippen LogP contribution in [0.25, 0.3) is 28.1 Å². The number of imidazole rings is 1. The zero-order valence-electron chi connectivity index (χ0n) is 16.5. The van der Waals surface area contributed by atoms with Gasteiger partial charge in [-0.25, -0.2) is 18.9 Å². The Balaban J connectivity index is 1.96. The van der Waals surface area contributed by atoms with Gasteiger partial charge in [-0.2, -0.15) is 5.10 Å². The molecule has 0 aliphatic rings. The lowest BCUT2D eigenvalue weighted by molar-refractivity contribution is 0.408. The third-order valence-electron chi connectivity index (χ3n) is 5.04. The van der Waals surface area contributed by atoms with E-state index in [1.54, 1.807) is 10.7 Å². The quantitative estimate of drug-likeness (QED) is 0.519. The molecule has 2 N–H and O–H groups in total. The van der Waals surface area contributed by atoms with Crippen molar-refractivity contribution in [1.29, 1.82) is 0 Å². The number of H-pyrrole nitrogens is 2. The second-order valence-corrected chi connectivity index (χ2v) is 7.10. The number of fused-ring (bicyclic) bond motifs is 1. The number of hydrogen-bond acceptors (Lipinski definition) is 4. The van der Waals surface area contributed by atoms with Crippen LogP contribution in [0.15, 0.2) is 41.2 Å². The van der Waals surface area contributed by atoms with Gasteiger partial charge in [-0.3, -0.25) is 0 Å². The fourth-order valence-electron chi connectivity index (χ4n) is 3.31. The Morgan fingerprint density at radius 3 is 2.83 bits per heavy atom. The van der Waals surface area contributed by atoms with E-state index < -0.39 is 5.82 Å². The van der Waals surface area contributed by atoms with Gasteiger partial charge in [0.2, 0.25) is 0 Å². The maximum absolute atomic E-state index is 13.7. The highest BCUT2D eigenvalue weighted by Crippen LogP contribution is 2.31. The lowest BCUT2D eigenvalue weighted by atomic mass is 10.1. The predicted molar refractivity (Wildman–Crippen MR) is 109 cm³/mol. The van der Waals surface area contributed by atoms with Gasteiger partial charge in [0.1, 0.15) is 17.3 Å². The molecule has 0 bridgehead atoms. The highest BCUT2D eigenvalue weighted by molar-refractivity contribution is 5.90. The summed E-state index contributed by atoms with van der Waals surface area (Å²) in [5, 5.41) is 4.70. The van der Waals surface area contributed by atoms with Crippen molar-refractivity contribution in [3.8, 4) is 22.8 Å². The van der Waals surface area contributed by atoms with Crippen LogP contribution < -0.4 is 10.4 Å². The highest BCUT2D eigenvalue weighted by atomic mass is 19.1. The Morgan fingerprint density at radius 2 is 2.07 bits per heavy atom. The van der Waals surface area contributed by atoms with E-state index in [1.807, 2.05) is 18.2 Å². The van der Waals surface area contributed by atoms with Crippen LogP contribution in [0.3, 0.4) is 0 Å². The normalized spacial score (nSPS) is 12.4. The molecule has 4 aromatic rings. The van der Waals surface area contributed by atoms with E-state index in [9.17, 15) is 9.18 Å². The number of ether oxygens (including phenoxy) is 1. The van der Waals surface area contributed by atoms with Crippen LogP contribution >= 0.6 is 0 Å². The number of nitrogens with zero attached hydrogens (tertiary/aromatic N) is 3. The van der Waals surface area contributed by atoms with Crippen LogP contribution in [0, 0.1) is 11.7 Å². The van der Waals surface area contributed by atoms with E-state index in [1.165, 1.54) is 19.2 Å². The molecule has 7 nitrogen and oxygen atoms in total. The molecule has 0 saturated carbocycles. The van der Waals surface area contributed by atoms with Gasteiger partial charge in [-0.1, -0.05) is 26.3 Å². The number of halogens is 1. The second kappa shape index (κ2) is 7.54. The van der Waals surface area contributed by atoms with Crippen LogP contribution in [0.4, 0.5) is 4.39 Å². The van der Waals surface area contributed by atoms with Crippen molar-refractivity contribution in [2.75, 3.05) is 7.11 Å². The van der Waals surface area contributed by atoms with Crippen molar-refractivity contribution < 1.29 is 9.13 Å². The minimum absolute atomic E-state index is 0.294. The van der Waals surface area contributed by atoms with Crippen molar-refractivity contribution in [3.63, 3.8) is 0 Å². The number of rotatable bonds is 6. The summed E-state index contributed by atoms with van der Waals surface area (Å²) in [6.07, 6.45) is 1.71. The Kier molecular flexibility index (Phi) is 4.92. The van der Waals surface area contributed by atoms with E-state index in [0.717, 1.165) is 12.0 Å². The number of nitrogens with one attached hydrogen (secondary N) is 2. The molecule has 4 rings (SSSR count). The zero-order valence-corrected chi connectivity index (χ0v) is 16.5. The summed E-state index contributed by atoms with van der Waals surface area (Å²) in [7, 11) is 1.49. The van der Waals surface area contributed by atoms with Gasteiger partial charge in [0.05, 0.1) is 18.1 Å². The molecule has 0 spiro atoms. The lowest BCUT2D eigenvalue weighted by Gasteiger charge is -2.11. The summed E-state index contributed by atoms with van der Waals surface area (Å²) in [5.74, 6) is 1.59. The van der Waals surface area contributed by atoms with E-state index in [2.05, 4.69) is 23.8 Å². The molecule has 1 atom stereocenters. The number of hydrogen-bond donors (Lipinski definition) is 2. The summed E-state index contributed by atoms with van der Waals surface area (Å²) >= 11 is 0. The van der Waals surface area contributed by atoms with Crippen LogP contribution in [0.1, 0.15) is 26.1 Å². The predicted octanol–water partition coefficient (Wildman–Crippen LogP) is 3.84. The van der Waals surface area contributed by atoms with Crippen LogP contribution in [-0.4, -0.2) is 31.8 Å². The summed E-state index contributed by atoms with van der Waals surface area (Å²) < 4.78 is 20.8. The van der Waals surface area contributed by atoms with Crippen LogP contribution in [0.5, 0.6) is 5.75 Å². The molecular weight excluding hydrogens is 373 g/mol. The SMILES string of the molecule is CCC(C)Cc1nc(-c2cccc3[nH]c(=O)[nH]c23)n(-c2ccc(F)cc2OC)n1.